The molecule has 2 fully saturated rings. The average Bonchev–Trinajstić information content (AvgIpc) is 3.23. The molecule has 1 N–H and O–H groups in total. The number of carbonyl (C=O) groups is 1. The van der Waals surface area contributed by atoms with Crippen LogP contribution in [-0.4, -0.2) is 42.1 Å². The molecule has 2 atom stereocenters. The lowest BCUT2D eigenvalue weighted by molar-refractivity contribution is -0.116. The fourth-order valence-electron chi connectivity index (χ4n) is 5.07. The fraction of sp³-hybridized carbons (Fsp3) is 0.357. The molecule has 1 saturated heterocycles. The maximum Gasteiger partial charge on any atom is 0.244 e. The summed E-state index contributed by atoms with van der Waals surface area (Å²) in [6, 6.07) is 12.7. The van der Waals surface area contributed by atoms with E-state index in [9.17, 15) is 9.18 Å². The van der Waals surface area contributed by atoms with Crippen molar-refractivity contribution in [2.24, 2.45) is 11.8 Å². The molecule has 0 unspecified atom stereocenters. The van der Waals surface area contributed by atoms with Gasteiger partial charge in [0, 0.05) is 48.4 Å². The van der Waals surface area contributed by atoms with Crippen molar-refractivity contribution in [1.29, 1.82) is 0 Å². The number of aryl methyl sites for hydroxylation is 1. The normalized spacial score (nSPS) is 21.4. The largest absolute Gasteiger partial charge is 0.356 e. The van der Waals surface area contributed by atoms with Crippen LogP contribution in [0, 0.1) is 24.6 Å². The Morgan fingerprint density at radius 2 is 2.06 bits per heavy atom. The fourth-order valence-corrected chi connectivity index (χ4v) is 5.07. The number of halogens is 1. The van der Waals surface area contributed by atoms with Gasteiger partial charge in [0.1, 0.15) is 5.82 Å². The van der Waals surface area contributed by atoms with Gasteiger partial charge < -0.3 is 14.7 Å². The summed E-state index contributed by atoms with van der Waals surface area (Å²) in [5.41, 5.74) is 4.90. The second kappa shape index (κ2) is 9.55. The van der Waals surface area contributed by atoms with Gasteiger partial charge in [-0.2, -0.15) is 0 Å². The van der Waals surface area contributed by atoms with E-state index >= 15 is 0 Å². The molecule has 5 nitrogen and oxygen atoms in total. The second-order valence-electron chi connectivity index (χ2n) is 9.56. The number of likely N-dealkylation sites (tertiary alicyclic amines) is 1. The molecule has 2 aliphatic rings. The van der Waals surface area contributed by atoms with Gasteiger partial charge in [-0.1, -0.05) is 47.1 Å². The van der Waals surface area contributed by atoms with E-state index in [1.807, 2.05) is 31.2 Å². The minimum atomic E-state index is -0.303. The van der Waals surface area contributed by atoms with E-state index in [-0.39, 0.29) is 11.7 Å². The van der Waals surface area contributed by atoms with E-state index in [0.29, 0.717) is 29.9 Å². The van der Waals surface area contributed by atoms with Crippen molar-refractivity contribution in [3.8, 4) is 0 Å². The number of nitrogens with zero attached hydrogens (tertiary/aromatic N) is 2. The molecular weight excluding hydrogens is 429 g/mol. The molecule has 1 aromatic heterocycles. The van der Waals surface area contributed by atoms with Gasteiger partial charge in [-0.05, 0) is 56.6 Å². The van der Waals surface area contributed by atoms with Gasteiger partial charge in [-0.15, -0.1) is 0 Å². The number of fused-ring (bicyclic) bond motifs is 1. The minimum absolute atomic E-state index is 0.0690. The first-order valence-electron chi connectivity index (χ1n) is 12.0. The van der Waals surface area contributed by atoms with Gasteiger partial charge in [0.15, 0.2) is 5.58 Å². The number of aromatic nitrogens is 1. The van der Waals surface area contributed by atoms with Gasteiger partial charge in [0.05, 0.1) is 5.69 Å². The predicted molar refractivity (Wildman–Crippen MR) is 132 cm³/mol. The molecule has 1 amide bonds. The zero-order chi connectivity index (χ0) is 23.7. The summed E-state index contributed by atoms with van der Waals surface area (Å²) in [5.74, 6) is 0.751. The van der Waals surface area contributed by atoms with Crippen molar-refractivity contribution in [1.82, 2.24) is 15.4 Å². The zero-order valence-corrected chi connectivity index (χ0v) is 19.5. The van der Waals surface area contributed by atoms with Crippen LogP contribution in [0.4, 0.5) is 4.39 Å². The smallest absolute Gasteiger partial charge is 0.244 e. The van der Waals surface area contributed by atoms with Crippen LogP contribution in [0.2, 0.25) is 0 Å². The third-order valence-corrected chi connectivity index (χ3v) is 7.19. The molecular formula is C28H30FN3O2. The molecule has 0 bridgehead atoms. The first-order chi connectivity index (χ1) is 16.5. The van der Waals surface area contributed by atoms with Crippen LogP contribution < -0.4 is 5.32 Å². The van der Waals surface area contributed by atoms with Crippen molar-refractivity contribution in [2.45, 2.75) is 25.7 Å². The SMILES string of the molecule is C=C1[C@H](CNC(=O)C=Cc2cccc(C)c2)[C@H]1CN1CCC(c2noc3cc(F)ccc23)CC1. The number of carbonyl (C=O) groups excluding carboxylic acids is 1. The molecule has 0 radical (unpaired) electrons. The van der Waals surface area contributed by atoms with Crippen LogP contribution in [0.25, 0.3) is 17.0 Å². The Kier molecular flexibility index (Phi) is 6.33. The molecule has 1 aliphatic carbocycles. The highest BCUT2D eigenvalue weighted by molar-refractivity contribution is 5.91. The third-order valence-electron chi connectivity index (χ3n) is 7.19. The zero-order valence-electron chi connectivity index (χ0n) is 19.5. The standard InChI is InChI=1S/C28H30FN3O2/c1-18-4-3-5-20(14-18)6-9-27(33)30-16-24-19(2)25(24)17-32-12-10-21(11-13-32)28-23-8-7-22(29)15-26(23)34-31-28/h3-9,14-15,21,24-25H,2,10-13,16-17H2,1H3,(H,30,33)/t24-,25-/m0/s1. The molecule has 2 aromatic carbocycles. The molecule has 34 heavy (non-hydrogen) atoms. The highest BCUT2D eigenvalue weighted by Gasteiger charge is 2.43. The van der Waals surface area contributed by atoms with Crippen LogP contribution >= 0.6 is 0 Å². The summed E-state index contributed by atoms with van der Waals surface area (Å²) in [5, 5.41) is 8.18. The summed E-state index contributed by atoms with van der Waals surface area (Å²) >= 11 is 0. The number of hydrogen-bond donors (Lipinski definition) is 1. The van der Waals surface area contributed by atoms with E-state index in [4.69, 9.17) is 4.52 Å². The topological polar surface area (TPSA) is 58.4 Å². The quantitative estimate of drug-likeness (QED) is 0.395. The maximum absolute atomic E-state index is 13.4. The summed E-state index contributed by atoms with van der Waals surface area (Å²) in [7, 11) is 0. The Labute approximate surface area is 199 Å². The molecule has 0 spiro atoms. The highest BCUT2D eigenvalue weighted by atomic mass is 19.1. The molecule has 1 saturated carbocycles. The van der Waals surface area contributed by atoms with Crippen LogP contribution in [0.3, 0.4) is 0 Å². The van der Waals surface area contributed by atoms with Gasteiger partial charge >= 0.3 is 0 Å². The maximum atomic E-state index is 13.4. The summed E-state index contributed by atoms with van der Waals surface area (Å²) < 4.78 is 18.8. The Morgan fingerprint density at radius 3 is 2.85 bits per heavy atom. The second-order valence-corrected chi connectivity index (χ2v) is 9.56. The number of piperidine rings is 1. The molecule has 5 rings (SSSR count). The predicted octanol–water partition coefficient (Wildman–Crippen LogP) is 5.09. The molecule has 6 heteroatoms. The van der Waals surface area contributed by atoms with E-state index < -0.39 is 0 Å². The number of rotatable bonds is 7. The van der Waals surface area contributed by atoms with Gasteiger partial charge in [0.2, 0.25) is 5.91 Å². The number of amides is 1. The van der Waals surface area contributed by atoms with Gasteiger partial charge in [-0.25, -0.2) is 4.39 Å². The van der Waals surface area contributed by atoms with Crippen molar-refractivity contribution in [3.63, 3.8) is 0 Å². The van der Waals surface area contributed by atoms with Crippen LogP contribution in [0.5, 0.6) is 0 Å². The molecule has 176 valence electrons. The van der Waals surface area contributed by atoms with Gasteiger partial charge in [0.25, 0.3) is 0 Å². The van der Waals surface area contributed by atoms with Gasteiger partial charge in [-0.3, -0.25) is 4.79 Å². The first kappa shape index (κ1) is 22.5. The number of hydrogen-bond acceptors (Lipinski definition) is 4. The van der Waals surface area contributed by atoms with Crippen molar-refractivity contribution >= 4 is 23.0 Å². The number of nitrogens with one attached hydrogen (secondary N) is 1. The van der Waals surface area contributed by atoms with E-state index in [1.54, 1.807) is 12.1 Å². The Morgan fingerprint density at radius 1 is 1.24 bits per heavy atom. The Hall–Kier alpha value is -3.25. The van der Waals surface area contributed by atoms with Crippen LogP contribution in [-0.2, 0) is 4.79 Å². The van der Waals surface area contributed by atoms with E-state index in [1.165, 1.54) is 23.3 Å². The highest BCUT2D eigenvalue weighted by Crippen LogP contribution is 2.45. The lowest BCUT2D eigenvalue weighted by atomic mass is 9.91. The molecule has 1 aliphatic heterocycles. The van der Waals surface area contributed by atoms with Crippen molar-refractivity contribution in [3.05, 3.63) is 83.3 Å². The van der Waals surface area contributed by atoms with E-state index in [0.717, 1.165) is 49.1 Å². The van der Waals surface area contributed by atoms with Crippen molar-refractivity contribution in [2.75, 3.05) is 26.2 Å². The monoisotopic (exact) mass is 459 g/mol. The lowest BCUT2D eigenvalue weighted by Gasteiger charge is -2.31. The number of benzene rings is 2. The summed E-state index contributed by atoms with van der Waals surface area (Å²) in [6.07, 6.45) is 5.45. The molecule has 2 heterocycles. The molecule has 3 aromatic rings. The van der Waals surface area contributed by atoms with Crippen LogP contribution in [0.15, 0.2) is 65.2 Å². The third kappa shape index (κ3) is 4.97. The Balaban J connectivity index is 1.07. The lowest BCUT2D eigenvalue weighted by Crippen LogP contribution is -2.35. The average molecular weight is 460 g/mol. The minimum Gasteiger partial charge on any atom is -0.356 e. The van der Waals surface area contributed by atoms with Crippen LogP contribution in [0.1, 0.15) is 35.6 Å². The van der Waals surface area contributed by atoms with E-state index in [2.05, 4.69) is 28.0 Å². The van der Waals surface area contributed by atoms with Crippen molar-refractivity contribution < 1.29 is 13.7 Å². The summed E-state index contributed by atoms with van der Waals surface area (Å²) in [4.78, 5) is 14.7. The summed E-state index contributed by atoms with van der Waals surface area (Å²) in [6.45, 7) is 9.86. The first-order valence-corrected chi connectivity index (χ1v) is 12.0. The Bertz CT molecular complexity index is 1240.